The van der Waals surface area contributed by atoms with Crippen molar-refractivity contribution in [2.45, 2.75) is 6.92 Å². The summed E-state index contributed by atoms with van der Waals surface area (Å²) in [4.78, 5) is 8.78. The van der Waals surface area contributed by atoms with Crippen LogP contribution >= 0.6 is 0 Å². The van der Waals surface area contributed by atoms with Gasteiger partial charge in [0, 0.05) is 5.70 Å². The average molecular weight is 117 g/mol. The summed E-state index contributed by atoms with van der Waals surface area (Å²) in [6.07, 6.45) is 1.73. The predicted octanol–water partition coefficient (Wildman–Crippen LogP) is 0.427. The molecule has 2 N–H and O–H groups in total. The van der Waals surface area contributed by atoms with Crippen LogP contribution in [0.4, 0.5) is 0 Å². The number of allylic oxidation sites excluding steroid dienone is 1. The number of nitrogens with two attached hydrogens (primary N) is 1. The van der Waals surface area contributed by atoms with Crippen molar-refractivity contribution in [3.8, 4) is 0 Å². The van der Waals surface area contributed by atoms with E-state index in [-0.39, 0.29) is 0 Å². The lowest BCUT2D eigenvalue weighted by Crippen LogP contribution is -1.95. The van der Waals surface area contributed by atoms with E-state index in [1.165, 1.54) is 7.11 Å². The molecule has 0 aliphatic rings. The fourth-order valence-corrected chi connectivity index (χ4v) is 0.234. The number of rotatable bonds is 3. The van der Waals surface area contributed by atoms with Crippen molar-refractivity contribution >= 4 is 0 Å². The van der Waals surface area contributed by atoms with Crippen LogP contribution in [0.15, 0.2) is 11.8 Å². The highest BCUT2D eigenvalue weighted by Crippen LogP contribution is 1.80. The molecule has 0 unspecified atom stereocenters. The van der Waals surface area contributed by atoms with Gasteiger partial charge in [0.05, 0.1) is 7.11 Å². The summed E-state index contributed by atoms with van der Waals surface area (Å²) >= 11 is 0. The first-order valence-electron chi connectivity index (χ1n) is 2.35. The van der Waals surface area contributed by atoms with Crippen molar-refractivity contribution in [1.29, 1.82) is 0 Å². The molecule has 8 heavy (non-hydrogen) atoms. The van der Waals surface area contributed by atoms with E-state index < -0.39 is 0 Å². The van der Waals surface area contributed by atoms with Crippen LogP contribution in [0.2, 0.25) is 0 Å². The van der Waals surface area contributed by atoms with E-state index in [2.05, 4.69) is 9.78 Å². The Morgan fingerprint density at radius 3 is 2.75 bits per heavy atom. The van der Waals surface area contributed by atoms with Crippen molar-refractivity contribution in [2.75, 3.05) is 13.7 Å². The van der Waals surface area contributed by atoms with E-state index in [1.54, 1.807) is 13.0 Å². The van der Waals surface area contributed by atoms with Crippen molar-refractivity contribution in [2.24, 2.45) is 5.73 Å². The third-order valence-electron chi connectivity index (χ3n) is 0.591. The van der Waals surface area contributed by atoms with Gasteiger partial charge >= 0.3 is 0 Å². The van der Waals surface area contributed by atoms with Crippen LogP contribution in [0.5, 0.6) is 0 Å². The van der Waals surface area contributed by atoms with E-state index >= 15 is 0 Å². The van der Waals surface area contributed by atoms with Gasteiger partial charge in [-0.3, -0.25) is 0 Å². The molecule has 0 saturated carbocycles. The van der Waals surface area contributed by atoms with Gasteiger partial charge < -0.3 is 5.73 Å². The van der Waals surface area contributed by atoms with E-state index in [1.807, 2.05) is 0 Å². The first kappa shape index (κ1) is 7.46. The van der Waals surface area contributed by atoms with Gasteiger partial charge in [0.15, 0.2) is 0 Å². The molecule has 0 fully saturated rings. The largest absolute Gasteiger partial charge is 0.402 e. The monoisotopic (exact) mass is 117 g/mol. The van der Waals surface area contributed by atoms with Crippen LogP contribution in [0.1, 0.15) is 6.92 Å². The highest BCUT2D eigenvalue weighted by molar-refractivity contribution is 4.90. The Bertz CT molecular complexity index is 76.5. The van der Waals surface area contributed by atoms with E-state index in [9.17, 15) is 0 Å². The minimum atomic E-state index is 0.416. The van der Waals surface area contributed by atoms with Crippen molar-refractivity contribution < 1.29 is 9.78 Å². The van der Waals surface area contributed by atoms with Gasteiger partial charge in [0.1, 0.15) is 6.61 Å². The van der Waals surface area contributed by atoms with E-state index in [0.29, 0.717) is 6.61 Å². The fraction of sp³-hybridized carbons (Fsp3) is 0.600. The lowest BCUT2D eigenvalue weighted by atomic mass is 10.5. The molecular formula is C5H11NO2. The maximum atomic E-state index is 5.26. The zero-order valence-corrected chi connectivity index (χ0v) is 5.18. The fourth-order valence-electron chi connectivity index (χ4n) is 0.234. The molecule has 0 amide bonds. The molecule has 0 aromatic rings. The standard InChI is InChI=1S/C5H11NO2/c1-5(6)3-4-8-7-2/h3H,4,6H2,1-2H3/b5-3+. The SMILES string of the molecule is COOC/C=C(\C)N. The Hall–Kier alpha value is -0.540. The summed E-state index contributed by atoms with van der Waals surface area (Å²) in [6, 6.07) is 0. The predicted molar refractivity (Wildman–Crippen MR) is 30.9 cm³/mol. The molecule has 0 aromatic heterocycles. The molecular weight excluding hydrogens is 106 g/mol. The summed E-state index contributed by atoms with van der Waals surface area (Å²) in [6.45, 7) is 2.21. The van der Waals surface area contributed by atoms with Gasteiger partial charge in [-0.2, -0.15) is 0 Å². The number of hydrogen-bond acceptors (Lipinski definition) is 3. The smallest absolute Gasteiger partial charge is 0.102 e. The second kappa shape index (κ2) is 4.61. The number of hydrogen-bond donors (Lipinski definition) is 1. The minimum absolute atomic E-state index is 0.416. The van der Waals surface area contributed by atoms with Crippen molar-refractivity contribution in [3.63, 3.8) is 0 Å². The van der Waals surface area contributed by atoms with Gasteiger partial charge in [-0.15, -0.1) is 0 Å². The molecule has 3 heteroatoms. The van der Waals surface area contributed by atoms with Gasteiger partial charge in [-0.05, 0) is 13.0 Å². The quantitative estimate of drug-likeness (QED) is 0.331. The Balaban J connectivity index is 3.03. The molecule has 0 aromatic carbocycles. The summed E-state index contributed by atoms with van der Waals surface area (Å²) in [5, 5.41) is 0. The Morgan fingerprint density at radius 2 is 2.38 bits per heavy atom. The van der Waals surface area contributed by atoms with E-state index in [4.69, 9.17) is 5.73 Å². The van der Waals surface area contributed by atoms with Gasteiger partial charge in [-0.1, -0.05) is 0 Å². The van der Waals surface area contributed by atoms with Crippen LogP contribution in [0, 0.1) is 0 Å². The molecule has 0 spiro atoms. The molecule has 0 heterocycles. The Kier molecular flexibility index (Phi) is 4.30. The summed E-state index contributed by atoms with van der Waals surface area (Å²) in [5.74, 6) is 0. The summed E-state index contributed by atoms with van der Waals surface area (Å²) in [5.41, 5.74) is 6.00. The van der Waals surface area contributed by atoms with Crippen LogP contribution in [-0.2, 0) is 9.78 Å². The van der Waals surface area contributed by atoms with Crippen LogP contribution < -0.4 is 5.73 Å². The first-order chi connectivity index (χ1) is 3.77. The molecule has 0 saturated heterocycles. The van der Waals surface area contributed by atoms with Crippen LogP contribution in [0.25, 0.3) is 0 Å². The highest BCUT2D eigenvalue weighted by Gasteiger charge is 1.77. The van der Waals surface area contributed by atoms with Crippen LogP contribution in [0.3, 0.4) is 0 Å². The second-order valence-electron chi connectivity index (χ2n) is 1.40. The first-order valence-corrected chi connectivity index (χ1v) is 2.35. The molecule has 0 rings (SSSR count). The van der Waals surface area contributed by atoms with Gasteiger partial charge in [0.25, 0.3) is 0 Å². The Labute approximate surface area is 49.0 Å². The van der Waals surface area contributed by atoms with Crippen molar-refractivity contribution in [1.82, 2.24) is 0 Å². The summed E-state index contributed by atoms with van der Waals surface area (Å²) in [7, 11) is 1.46. The van der Waals surface area contributed by atoms with Gasteiger partial charge in [-0.25, -0.2) is 9.78 Å². The van der Waals surface area contributed by atoms with Gasteiger partial charge in [0.2, 0.25) is 0 Å². The van der Waals surface area contributed by atoms with Crippen LogP contribution in [-0.4, -0.2) is 13.7 Å². The zero-order chi connectivity index (χ0) is 6.41. The molecule has 0 aliphatic heterocycles. The Morgan fingerprint density at radius 1 is 1.75 bits per heavy atom. The minimum Gasteiger partial charge on any atom is -0.402 e. The lowest BCUT2D eigenvalue weighted by Gasteiger charge is -1.92. The second-order valence-corrected chi connectivity index (χ2v) is 1.40. The van der Waals surface area contributed by atoms with E-state index in [0.717, 1.165) is 5.70 Å². The summed E-state index contributed by atoms with van der Waals surface area (Å²) < 4.78 is 0. The molecule has 0 atom stereocenters. The third-order valence-corrected chi connectivity index (χ3v) is 0.591. The average Bonchev–Trinajstić information content (AvgIpc) is 1.66. The third kappa shape index (κ3) is 5.46. The zero-order valence-electron chi connectivity index (χ0n) is 5.18. The topological polar surface area (TPSA) is 44.5 Å². The molecule has 0 aliphatic carbocycles. The maximum Gasteiger partial charge on any atom is 0.102 e. The van der Waals surface area contributed by atoms with Crippen molar-refractivity contribution in [3.05, 3.63) is 11.8 Å². The molecule has 0 bridgehead atoms. The molecule has 0 radical (unpaired) electrons. The normalized spacial score (nSPS) is 12.0. The maximum absolute atomic E-state index is 5.26. The highest BCUT2D eigenvalue weighted by atomic mass is 17.2. The lowest BCUT2D eigenvalue weighted by molar-refractivity contribution is -0.263. The molecule has 3 nitrogen and oxygen atoms in total. The molecule has 48 valence electrons.